The molecule has 1 unspecified atom stereocenters. The monoisotopic (exact) mass is 626 g/mol. The largest absolute Gasteiger partial charge is 0.465 e. The molecule has 0 aromatic rings. The minimum absolute atomic E-state index is 0.00921. The van der Waals surface area contributed by atoms with E-state index in [2.05, 4.69) is 0 Å². The highest BCUT2D eigenvalue weighted by Gasteiger charge is 2.74. The third-order valence-electron chi connectivity index (χ3n) is 12.3. The molecule has 2 saturated carbocycles. The molecular formula is C36H50O9. The summed E-state index contributed by atoms with van der Waals surface area (Å²) in [6.45, 7) is 16.0. The van der Waals surface area contributed by atoms with Crippen LogP contribution >= 0.6 is 0 Å². The van der Waals surface area contributed by atoms with Crippen molar-refractivity contribution in [3.8, 4) is 0 Å². The quantitative estimate of drug-likeness (QED) is 0.232. The van der Waals surface area contributed by atoms with Crippen LogP contribution in [-0.4, -0.2) is 53.6 Å². The van der Waals surface area contributed by atoms with Gasteiger partial charge in [-0.05, 0) is 37.5 Å². The number of rotatable bonds is 10. The van der Waals surface area contributed by atoms with E-state index in [0.29, 0.717) is 13.0 Å². The summed E-state index contributed by atoms with van der Waals surface area (Å²) in [6.07, 6.45) is 0.973. The summed E-state index contributed by atoms with van der Waals surface area (Å²) >= 11 is 0. The fraction of sp³-hybridized carbons (Fsp3) is 0.750. The van der Waals surface area contributed by atoms with E-state index >= 15 is 0 Å². The third-order valence-corrected chi connectivity index (χ3v) is 12.3. The van der Waals surface area contributed by atoms with Gasteiger partial charge in [0.1, 0.15) is 17.3 Å². The van der Waals surface area contributed by atoms with E-state index in [1.807, 2.05) is 34.6 Å². The van der Waals surface area contributed by atoms with Crippen molar-refractivity contribution in [1.82, 2.24) is 0 Å². The lowest BCUT2D eigenvalue weighted by Crippen LogP contribution is -2.64. The van der Waals surface area contributed by atoms with Crippen molar-refractivity contribution in [3.05, 3.63) is 11.1 Å². The Morgan fingerprint density at radius 1 is 0.911 bits per heavy atom. The first-order chi connectivity index (χ1) is 20.8. The zero-order valence-corrected chi connectivity index (χ0v) is 28.4. The lowest BCUT2D eigenvalue weighted by Gasteiger charge is -2.59. The van der Waals surface area contributed by atoms with E-state index in [1.165, 1.54) is 6.92 Å². The van der Waals surface area contributed by atoms with E-state index < -0.39 is 69.2 Å². The standard InChI is InChI=1S/C36H50O9/c1-10-11-14-44-32(43)20(3)16-22(38)15-19(2)23-17-27(41)36(9)28-24(39)18-25-33(5,6)26(40)12-13-34(25,7)29(28)30(42)31(35(23,36)8)45-21(4)37/h19-20,23,25,31H,10-18H2,1-9H3/t19-,20?,23-,25+,31-,34+,35+,36+/m1/s1. The van der Waals surface area contributed by atoms with Crippen LogP contribution in [0.15, 0.2) is 11.1 Å². The van der Waals surface area contributed by atoms with E-state index in [1.54, 1.807) is 20.8 Å². The Morgan fingerprint density at radius 2 is 1.56 bits per heavy atom. The summed E-state index contributed by atoms with van der Waals surface area (Å²) in [5.41, 5.74) is -4.00. The first-order valence-electron chi connectivity index (χ1n) is 16.5. The second-order valence-corrected chi connectivity index (χ2v) is 15.3. The zero-order valence-electron chi connectivity index (χ0n) is 28.4. The van der Waals surface area contributed by atoms with Gasteiger partial charge in [-0.15, -0.1) is 0 Å². The predicted octanol–water partition coefficient (Wildman–Crippen LogP) is 5.35. The first kappa shape index (κ1) is 34.9. The van der Waals surface area contributed by atoms with Gasteiger partial charge in [0, 0.05) is 66.4 Å². The Bertz CT molecular complexity index is 1370. The summed E-state index contributed by atoms with van der Waals surface area (Å²) in [4.78, 5) is 94.3. The van der Waals surface area contributed by atoms with Crippen molar-refractivity contribution < 1.29 is 43.0 Å². The molecule has 8 atom stereocenters. The molecule has 4 rings (SSSR count). The molecule has 4 aliphatic rings. The molecule has 0 saturated heterocycles. The Hall–Kier alpha value is -2.97. The van der Waals surface area contributed by atoms with Crippen molar-refractivity contribution in [3.63, 3.8) is 0 Å². The van der Waals surface area contributed by atoms with Crippen LogP contribution in [0.5, 0.6) is 0 Å². The molecular weight excluding hydrogens is 576 g/mol. The molecule has 45 heavy (non-hydrogen) atoms. The number of esters is 2. The Labute approximate surface area is 266 Å². The summed E-state index contributed by atoms with van der Waals surface area (Å²) in [7, 11) is 0. The minimum Gasteiger partial charge on any atom is -0.465 e. The van der Waals surface area contributed by atoms with Gasteiger partial charge in [-0.1, -0.05) is 54.9 Å². The SMILES string of the molecule is CCCCOC(=O)C(C)CC(=O)C[C@@H](C)[C@H]1CC(=O)[C@@]2(C)C3=C(C(=O)[C@@H](OC(C)=O)[C@]12C)[C@@]1(C)CCC(=O)C(C)(C)[C@@H]1CC3=O. The predicted molar refractivity (Wildman–Crippen MR) is 165 cm³/mol. The Kier molecular flexibility index (Phi) is 9.30. The molecule has 0 aromatic heterocycles. The third kappa shape index (κ3) is 5.26. The number of ketones is 5. The number of unbranched alkanes of at least 4 members (excludes halogenated alkanes) is 1. The normalized spacial score (nSPS) is 35.3. The minimum atomic E-state index is -1.44. The molecule has 0 N–H and O–H groups in total. The van der Waals surface area contributed by atoms with Crippen molar-refractivity contribution in [1.29, 1.82) is 0 Å². The lowest BCUT2D eigenvalue weighted by molar-refractivity contribution is -0.175. The van der Waals surface area contributed by atoms with Gasteiger partial charge in [0.25, 0.3) is 0 Å². The Morgan fingerprint density at radius 3 is 2.16 bits per heavy atom. The highest BCUT2D eigenvalue weighted by Crippen LogP contribution is 2.70. The first-order valence-corrected chi connectivity index (χ1v) is 16.5. The van der Waals surface area contributed by atoms with Gasteiger partial charge in [0.15, 0.2) is 11.9 Å². The molecule has 9 nitrogen and oxygen atoms in total. The number of ether oxygens (including phenoxy) is 2. The number of Topliss-reactive ketones (excluding diaryl/α,β-unsaturated/α-hetero) is 5. The summed E-state index contributed by atoms with van der Waals surface area (Å²) in [6, 6.07) is 0. The summed E-state index contributed by atoms with van der Waals surface area (Å²) in [5, 5.41) is 0. The average Bonchev–Trinajstić information content (AvgIpc) is 3.16. The number of allylic oxidation sites excluding steroid dienone is 1. The van der Waals surface area contributed by atoms with E-state index in [9.17, 15) is 33.6 Å². The molecule has 0 amide bonds. The second-order valence-electron chi connectivity index (χ2n) is 15.3. The van der Waals surface area contributed by atoms with Crippen LogP contribution in [0.2, 0.25) is 0 Å². The van der Waals surface area contributed by atoms with Gasteiger partial charge in [0.05, 0.1) is 17.9 Å². The maximum atomic E-state index is 14.7. The number of hydrogen-bond acceptors (Lipinski definition) is 9. The maximum Gasteiger partial charge on any atom is 0.309 e. The van der Waals surface area contributed by atoms with Gasteiger partial charge in [-0.3, -0.25) is 33.6 Å². The summed E-state index contributed by atoms with van der Waals surface area (Å²) in [5.74, 6) is -4.29. The molecule has 0 radical (unpaired) electrons. The van der Waals surface area contributed by atoms with Crippen molar-refractivity contribution >= 4 is 40.9 Å². The molecule has 4 aliphatic carbocycles. The van der Waals surface area contributed by atoms with Gasteiger partial charge < -0.3 is 9.47 Å². The molecule has 0 bridgehead atoms. The molecule has 0 heterocycles. The maximum absolute atomic E-state index is 14.7. The molecule has 248 valence electrons. The van der Waals surface area contributed by atoms with Crippen LogP contribution in [0.4, 0.5) is 0 Å². The van der Waals surface area contributed by atoms with Crippen molar-refractivity contribution in [2.24, 2.45) is 45.3 Å². The van der Waals surface area contributed by atoms with Gasteiger partial charge in [-0.25, -0.2) is 0 Å². The fourth-order valence-corrected chi connectivity index (χ4v) is 9.44. The van der Waals surface area contributed by atoms with Gasteiger partial charge in [0.2, 0.25) is 5.78 Å². The fourth-order valence-electron chi connectivity index (χ4n) is 9.44. The van der Waals surface area contributed by atoms with Crippen molar-refractivity contribution in [2.45, 2.75) is 120 Å². The highest BCUT2D eigenvalue weighted by atomic mass is 16.5. The molecule has 0 spiro atoms. The van der Waals surface area contributed by atoms with Crippen LogP contribution in [0.25, 0.3) is 0 Å². The second kappa shape index (κ2) is 12.0. The number of fused-ring (bicyclic) bond motifs is 4. The highest BCUT2D eigenvalue weighted by molar-refractivity contribution is 6.18. The number of hydrogen-bond donors (Lipinski definition) is 0. The Balaban J connectivity index is 1.75. The molecule has 2 fully saturated rings. The molecule has 0 aliphatic heterocycles. The van der Waals surface area contributed by atoms with Crippen molar-refractivity contribution in [2.75, 3.05) is 6.61 Å². The van der Waals surface area contributed by atoms with Crippen LogP contribution in [0.3, 0.4) is 0 Å². The van der Waals surface area contributed by atoms with E-state index in [0.717, 1.165) is 12.8 Å². The molecule has 9 heteroatoms. The molecule has 0 aromatic carbocycles. The summed E-state index contributed by atoms with van der Waals surface area (Å²) < 4.78 is 11.1. The average molecular weight is 627 g/mol. The lowest BCUT2D eigenvalue weighted by atomic mass is 9.42. The smallest absolute Gasteiger partial charge is 0.309 e. The van der Waals surface area contributed by atoms with Gasteiger partial charge in [-0.2, -0.15) is 0 Å². The topological polar surface area (TPSA) is 138 Å². The van der Waals surface area contributed by atoms with E-state index in [4.69, 9.17) is 9.47 Å². The van der Waals surface area contributed by atoms with Crippen LogP contribution in [0.1, 0.15) is 114 Å². The van der Waals surface area contributed by atoms with Crippen LogP contribution < -0.4 is 0 Å². The number of carbonyl (C=O) groups is 7. The van der Waals surface area contributed by atoms with Gasteiger partial charge >= 0.3 is 11.9 Å². The van der Waals surface area contributed by atoms with Crippen LogP contribution in [0, 0.1) is 45.3 Å². The van der Waals surface area contributed by atoms with E-state index in [-0.39, 0.29) is 66.4 Å². The van der Waals surface area contributed by atoms with Crippen LogP contribution in [-0.2, 0) is 43.0 Å². The zero-order chi connectivity index (χ0) is 33.9. The number of carbonyl (C=O) groups excluding carboxylic acids is 7.